The number of hydrogen-bond donors (Lipinski definition) is 3. The van der Waals surface area contributed by atoms with Crippen molar-refractivity contribution in [2.45, 2.75) is 31.6 Å². The van der Waals surface area contributed by atoms with Crippen molar-refractivity contribution in [1.29, 1.82) is 0 Å². The Bertz CT molecular complexity index is 857. The van der Waals surface area contributed by atoms with Crippen molar-refractivity contribution in [3.05, 3.63) is 36.0 Å². The van der Waals surface area contributed by atoms with Crippen LogP contribution >= 0.6 is 0 Å². The molecule has 152 valence electrons. The van der Waals surface area contributed by atoms with Gasteiger partial charge in [-0.15, -0.1) is 0 Å². The molecule has 2 heterocycles. The van der Waals surface area contributed by atoms with E-state index in [0.717, 1.165) is 24.0 Å². The number of primary amides is 1. The molecule has 9 heteroatoms. The van der Waals surface area contributed by atoms with Crippen LogP contribution in [-0.2, 0) is 0 Å². The maximum atomic E-state index is 12.7. The average Bonchev–Trinajstić information content (AvgIpc) is 2.63. The fraction of sp³-hybridized carbons (Fsp3) is 0.474. The molecule has 0 radical (unpaired) electrons. The molecule has 1 aromatic carbocycles. The quantitative estimate of drug-likeness (QED) is 0.720. The number of hydrogen-bond acceptors (Lipinski definition) is 5. The van der Waals surface area contributed by atoms with Gasteiger partial charge in [-0.1, -0.05) is 6.92 Å². The van der Waals surface area contributed by atoms with Crippen LogP contribution in [0.2, 0.25) is 0 Å². The van der Waals surface area contributed by atoms with Crippen molar-refractivity contribution in [3.8, 4) is 0 Å². The van der Waals surface area contributed by atoms with Gasteiger partial charge in [0.25, 0.3) is 5.91 Å². The topological polar surface area (TPSA) is 97.3 Å². The molecule has 1 amide bonds. The van der Waals surface area contributed by atoms with Gasteiger partial charge in [0.05, 0.1) is 11.1 Å². The van der Waals surface area contributed by atoms with Crippen molar-refractivity contribution < 1.29 is 18.0 Å². The summed E-state index contributed by atoms with van der Waals surface area (Å²) in [4.78, 5) is 18.1. The van der Waals surface area contributed by atoms with E-state index in [-0.39, 0.29) is 18.5 Å². The maximum Gasteiger partial charge on any atom is 0.404 e. The highest BCUT2D eigenvalue weighted by Gasteiger charge is 2.37. The van der Waals surface area contributed by atoms with Gasteiger partial charge in [-0.2, -0.15) is 13.2 Å². The number of carbonyl (C=O) groups excluding carboxylic acids is 1. The number of nitrogens with one attached hydrogen (secondary N) is 1. The number of nitrogens with two attached hydrogens (primary N) is 2. The van der Waals surface area contributed by atoms with Crippen LogP contribution < -0.4 is 21.7 Å². The molecule has 1 fully saturated rings. The second kappa shape index (κ2) is 7.92. The van der Waals surface area contributed by atoms with Crippen molar-refractivity contribution in [3.63, 3.8) is 0 Å². The lowest BCUT2D eigenvalue weighted by Crippen LogP contribution is -2.53. The minimum absolute atomic E-state index is 0.125. The molecule has 1 aliphatic rings. The van der Waals surface area contributed by atoms with Crippen molar-refractivity contribution in [2.75, 3.05) is 24.5 Å². The summed E-state index contributed by atoms with van der Waals surface area (Å²) in [6.45, 7) is 3.03. The van der Waals surface area contributed by atoms with E-state index in [0.29, 0.717) is 17.6 Å². The van der Waals surface area contributed by atoms with Gasteiger partial charge in [-0.25, -0.2) is 0 Å². The van der Waals surface area contributed by atoms with Crippen LogP contribution in [0, 0.1) is 5.92 Å². The molecule has 3 rings (SSSR count). The van der Waals surface area contributed by atoms with Gasteiger partial charge >= 0.3 is 6.18 Å². The second-order valence-corrected chi connectivity index (χ2v) is 7.40. The van der Waals surface area contributed by atoms with Crippen LogP contribution in [0.3, 0.4) is 0 Å². The minimum atomic E-state index is -4.42. The Morgan fingerprint density at radius 2 is 2.11 bits per heavy atom. The number of fused-ring (bicyclic) bond motifs is 1. The standard InChI is InChI=1S/C19H24F3N5O/c1-11-7-12(26-8-16(23)19(20,21)22)10-27(9-11)15-5-4-14(18(24)28)17-13(15)3-2-6-25-17/h2-6,11-12,16,26H,7-10,23H2,1H3,(H2,24,28)/t11-,12+,16+/m0/s1. The highest BCUT2D eigenvalue weighted by Crippen LogP contribution is 2.31. The molecule has 5 N–H and O–H groups in total. The smallest absolute Gasteiger partial charge is 0.369 e. The van der Waals surface area contributed by atoms with Crippen molar-refractivity contribution in [2.24, 2.45) is 17.4 Å². The van der Waals surface area contributed by atoms with Crippen molar-refractivity contribution >= 4 is 22.5 Å². The molecular weight excluding hydrogens is 371 g/mol. The van der Waals surface area contributed by atoms with E-state index in [1.54, 1.807) is 18.3 Å². The molecule has 0 bridgehead atoms. The predicted octanol–water partition coefficient (Wildman–Crippen LogP) is 2.03. The summed E-state index contributed by atoms with van der Waals surface area (Å²) >= 11 is 0. The van der Waals surface area contributed by atoms with Gasteiger partial charge in [0.2, 0.25) is 0 Å². The lowest BCUT2D eigenvalue weighted by molar-refractivity contribution is -0.146. The number of halogens is 3. The lowest BCUT2D eigenvalue weighted by atomic mass is 9.94. The van der Waals surface area contributed by atoms with Gasteiger partial charge in [0.15, 0.2) is 0 Å². The SMILES string of the molecule is C[C@H]1C[C@@H](NC[C@@H](N)C(F)(F)F)CN(c2ccc(C(N)=O)c3ncccc23)C1. The normalized spacial score (nSPS) is 21.7. The van der Waals surface area contributed by atoms with E-state index in [9.17, 15) is 18.0 Å². The van der Waals surface area contributed by atoms with E-state index in [1.807, 2.05) is 12.1 Å². The van der Waals surface area contributed by atoms with E-state index < -0.39 is 18.1 Å². The van der Waals surface area contributed by atoms with Crippen LogP contribution in [0.4, 0.5) is 18.9 Å². The summed E-state index contributed by atoms with van der Waals surface area (Å²) in [7, 11) is 0. The first-order valence-corrected chi connectivity index (χ1v) is 9.15. The van der Waals surface area contributed by atoms with Gasteiger partial charge in [0.1, 0.15) is 6.04 Å². The zero-order valence-electron chi connectivity index (χ0n) is 15.5. The highest BCUT2D eigenvalue weighted by atomic mass is 19.4. The fourth-order valence-electron chi connectivity index (χ4n) is 3.74. The monoisotopic (exact) mass is 395 g/mol. The Morgan fingerprint density at radius 1 is 1.36 bits per heavy atom. The van der Waals surface area contributed by atoms with Gasteiger partial charge in [0, 0.05) is 42.9 Å². The number of rotatable bonds is 5. The summed E-state index contributed by atoms with van der Waals surface area (Å²) in [6, 6.07) is 5.10. The number of aromatic nitrogens is 1. The maximum absolute atomic E-state index is 12.7. The Balaban J connectivity index is 1.83. The van der Waals surface area contributed by atoms with Gasteiger partial charge in [-0.05, 0) is 36.6 Å². The summed E-state index contributed by atoms with van der Waals surface area (Å²) in [6.07, 6.45) is -2.06. The van der Waals surface area contributed by atoms with Crippen molar-refractivity contribution in [1.82, 2.24) is 10.3 Å². The molecule has 2 aromatic rings. The largest absolute Gasteiger partial charge is 0.404 e. The van der Waals surface area contributed by atoms with E-state index in [2.05, 4.69) is 22.1 Å². The van der Waals surface area contributed by atoms with Crippen LogP contribution in [0.15, 0.2) is 30.5 Å². The Kier molecular flexibility index (Phi) is 5.76. The van der Waals surface area contributed by atoms with Crippen LogP contribution in [0.5, 0.6) is 0 Å². The number of carbonyl (C=O) groups is 1. The number of amides is 1. The first-order valence-electron chi connectivity index (χ1n) is 9.15. The zero-order chi connectivity index (χ0) is 20.5. The molecule has 0 aliphatic carbocycles. The molecule has 3 atom stereocenters. The number of nitrogens with zero attached hydrogens (tertiary/aromatic N) is 2. The van der Waals surface area contributed by atoms with Crippen LogP contribution in [0.1, 0.15) is 23.7 Å². The third-order valence-electron chi connectivity index (χ3n) is 5.06. The molecule has 1 aliphatic heterocycles. The van der Waals surface area contributed by atoms with E-state index >= 15 is 0 Å². The van der Waals surface area contributed by atoms with Crippen LogP contribution in [0.25, 0.3) is 10.9 Å². The van der Waals surface area contributed by atoms with Gasteiger partial charge < -0.3 is 21.7 Å². The first kappa shape index (κ1) is 20.3. The highest BCUT2D eigenvalue weighted by molar-refractivity contribution is 6.08. The Morgan fingerprint density at radius 3 is 2.79 bits per heavy atom. The Labute approximate surface area is 161 Å². The third kappa shape index (κ3) is 4.36. The number of pyridine rings is 1. The average molecular weight is 395 g/mol. The number of piperidine rings is 1. The summed E-state index contributed by atoms with van der Waals surface area (Å²) in [5.41, 5.74) is 12.4. The molecule has 1 saturated heterocycles. The number of alkyl halides is 3. The number of anilines is 1. The minimum Gasteiger partial charge on any atom is -0.369 e. The van der Waals surface area contributed by atoms with Gasteiger partial charge in [-0.3, -0.25) is 9.78 Å². The summed E-state index contributed by atoms with van der Waals surface area (Å²) < 4.78 is 38.0. The molecule has 6 nitrogen and oxygen atoms in total. The summed E-state index contributed by atoms with van der Waals surface area (Å²) in [5.74, 6) is -0.279. The zero-order valence-corrected chi connectivity index (χ0v) is 15.5. The molecule has 28 heavy (non-hydrogen) atoms. The van der Waals surface area contributed by atoms with E-state index in [1.165, 1.54) is 0 Å². The second-order valence-electron chi connectivity index (χ2n) is 7.40. The number of benzene rings is 1. The summed E-state index contributed by atoms with van der Waals surface area (Å²) in [5, 5.41) is 3.75. The molecule has 0 saturated carbocycles. The van der Waals surface area contributed by atoms with E-state index in [4.69, 9.17) is 11.5 Å². The van der Waals surface area contributed by atoms with Crippen LogP contribution in [-0.4, -0.2) is 48.8 Å². The molecule has 0 spiro atoms. The lowest BCUT2D eigenvalue weighted by Gasteiger charge is -2.39. The first-order chi connectivity index (χ1) is 13.2. The Hall–Kier alpha value is -2.39. The molecular formula is C19H24F3N5O. The molecule has 0 unspecified atom stereocenters. The predicted molar refractivity (Wildman–Crippen MR) is 102 cm³/mol. The fourth-order valence-corrected chi connectivity index (χ4v) is 3.74. The third-order valence-corrected chi connectivity index (χ3v) is 5.06. The molecule has 1 aromatic heterocycles.